The highest BCUT2D eigenvalue weighted by Crippen LogP contribution is 2.11. The van der Waals surface area contributed by atoms with Crippen molar-refractivity contribution >= 4 is 23.6 Å². The molecule has 0 heterocycles. The lowest BCUT2D eigenvalue weighted by atomic mass is 10.0. The van der Waals surface area contributed by atoms with Crippen molar-refractivity contribution in [2.75, 3.05) is 12.4 Å². The van der Waals surface area contributed by atoms with E-state index in [1.165, 1.54) is 19.2 Å². The highest BCUT2D eigenvalue weighted by atomic mass is 16.5. The maximum absolute atomic E-state index is 12.2. The normalized spacial score (nSPS) is 11.6. The van der Waals surface area contributed by atoms with E-state index in [0.717, 1.165) is 0 Å². The lowest BCUT2D eigenvalue weighted by Crippen LogP contribution is -2.42. The van der Waals surface area contributed by atoms with E-state index in [1.807, 2.05) is 13.8 Å². The summed E-state index contributed by atoms with van der Waals surface area (Å²) < 4.78 is 4.70. The molecule has 1 aromatic carbocycles. The molecule has 120 valence electrons. The van der Waals surface area contributed by atoms with Crippen LogP contribution in [0.4, 0.5) is 10.5 Å². The lowest BCUT2D eigenvalue weighted by Gasteiger charge is -2.18. The number of benzene rings is 1. The number of rotatable bonds is 6. The summed E-state index contributed by atoms with van der Waals surface area (Å²) in [5.74, 6) is -0.637. The van der Waals surface area contributed by atoms with Gasteiger partial charge in [-0.1, -0.05) is 13.8 Å². The Morgan fingerprint density at radius 3 is 2.23 bits per heavy atom. The molecule has 22 heavy (non-hydrogen) atoms. The average Bonchev–Trinajstić information content (AvgIpc) is 2.45. The number of esters is 1. The first-order valence-electron chi connectivity index (χ1n) is 6.88. The molecule has 0 saturated heterocycles. The van der Waals surface area contributed by atoms with Crippen LogP contribution < -0.4 is 16.4 Å². The lowest BCUT2D eigenvalue weighted by molar-refractivity contribution is -0.143. The summed E-state index contributed by atoms with van der Waals surface area (Å²) >= 11 is 0. The molecule has 7 nitrogen and oxygen atoms in total. The third-order valence-electron chi connectivity index (χ3n) is 2.91. The Balaban J connectivity index is 2.76. The van der Waals surface area contributed by atoms with Gasteiger partial charge in [0, 0.05) is 11.3 Å². The number of urea groups is 1. The number of ether oxygens (including phenoxy) is 1. The van der Waals surface area contributed by atoms with Crippen LogP contribution in [0.25, 0.3) is 0 Å². The van der Waals surface area contributed by atoms with Gasteiger partial charge in [-0.05, 0) is 36.6 Å². The first-order valence-corrected chi connectivity index (χ1v) is 6.88. The van der Waals surface area contributed by atoms with Crippen molar-refractivity contribution in [2.24, 2.45) is 11.7 Å². The number of hydrogen-bond acceptors (Lipinski definition) is 4. The third-order valence-corrected chi connectivity index (χ3v) is 2.91. The Kier molecular flexibility index (Phi) is 6.37. The maximum atomic E-state index is 12.2. The maximum Gasteiger partial charge on any atom is 0.328 e. The number of amides is 3. The molecule has 1 aromatic rings. The summed E-state index contributed by atoms with van der Waals surface area (Å²) in [5, 5.41) is 5.05. The Hall–Kier alpha value is -2.57. The molecular formula is C15H21N3O4. The molecule has 0 saturated carbocycles. The molecule has 7 heteroatoms. The molecular weight excluding hydrogens is 286 g/mol. The number of anilines is 1. The van der Waals surface area contributed by atoms with Gasteiger partial charge in [-0.25, -0.2) is 9.59 Å². The van der Waals surface area contributed by atoms with E-state index in [-0.39, 0.29) is 11.8 Å². The van der Waals surface area contributed by atoms with E-state index in [2.05, 4.69) is 10.6 Å². The molecule has 4 N–H and O–H groups in total. The van der Waals surface area contributed by atoms with Gasteiger partial charge in [0.1, 0.15) is 6.04 Å². The van der Waals surface area contributed by atoms with E-state index in [0.29, 0.717) is 17.7 Å². The first kappa shape index (κ1) is 17.5. The highest BCUT2D eigenvalue weighted by molar-refractivity contribution is 5.97. The molecule has 1 rings (SSSR count). The Morgan fingerprint density at radius 2 is 1.77 bits per heavy atom. The van der Waals surface area contributed by atoms with Gasteiger partial charge in [0.15, 0.2) is 0 Å². The van der Waals surface area contributed by atoms with Crippen LogP contribution in [-0.4, -0.2) is 31.1 Å². The van der Waals surface area contributed by atoms with E-state index in [1.54, 1.807) is 12.1 Å². The zero-order chi connectivity index (χ0) is 16.7. The van der Waals surface area contributed by atoms with Crippen LogP contribution in [0.5, 0.6) is 0 Å². The third kappa shape index (κ3) is 5.43. The van der Waals surface area contributed by atoms with Crippen molar-refractivity contribution in [1.29, 1.82) is 0 Å². The molecule has 0 aliphatic rings. The Morgan fingerprint density at radius 1 is 1.18 bits per heavy atom. The van der Waals surface area contributed by atoms with E-state index < -0.39 is 18.0 Å². The molecule has 1 atom stereocenters. The second-order valence-electron chi connectivity index (χ2n) is 5.25. The minimum atomic E-state index is -0.694. The predicted octanol–water partition coefficient (Wildman–Crippen LogP) is 1.49. The molecule has 0 unspecified atom stereocenters. The standard InChI is InChI=1S/C15H21N3O4/c1-9(2)8-12(14(20)22-3)18-13(19)10-4-6-11(7-5-10)17-15(16)21/h4-7,9,12H,8H2,1-3H3,(H,18,19)(H3,16,17,21)/t12-/m1/s1. The molecule has 0 radical (unpaired) electrons. The van der Waals surface area contributed by atoms with E-state index >= 15 is 0 Å². The van der Waals surface area contributed by atoms with Crippen molar-refractivity contribution in [3.8, 4) is 0 Å². The van der Waals surface area contributed by atoms with Gasteiger partial charge in [0.25, 0.3) is 5.91 Å². The van der Waals surface area contributed by atoms with Crippen LogP contribution in [0.15, 0.2) is 24.3 Å². The van der Waals surface area contributed by atoms with Gasteiger partial charge >= 0.3 is 12.0 Å². The van der Waals surface area contributed by atoms with Gasteiger partial charge in [-0.15, -0.1) is 0 Å². The van der Waals surface area contributed by atoms with Crippen LogP contribution in [0, 0.1) is 5.92 Å². The fourth-order valence-corrected chi connectivity index (χ4v) is 1.92. The van der Waals surface area contributed by atoms with Crippen molar-refractivity contribution in [3.63, 3.8) is 0 Å². The SMILES string of the molecule is COC(=O)[C@@H](CC(C)C)NC(=O)c1ccc(NC(N)=O)cc1. The summed E-state index contributed by atoms with van der Waals surface area (Å²) in [6, 6.07) is 4.79. The second-order valence-corrected chi connectivity index (χ2v) is 5.25. The number of nitrogens with one attached hydrogen (secondary N) is 2. The number of methoxy groups -OCH3 is 1. The summed E-state index contributed by atoms with van der Waals surface area (Å²) in [6.45, 7) is 3.90. The number of hydrogen-bond donors (Lipinski definition) is 3. The van der Waals surface area contributed by atoms with E-state index in [9.17, 15) is 14.4 Å². The quantitative estimate of drug-likeness (QED) is 0.691. The summed E-state index contributed by atoms with van der Waals surface area (Å²) in [5.41, 5.74) is 5.85. The van der Waals surface area contributed by atoms with E-state index in [4.69, 9.17) is 10.5 Å². The van der Waals surface area contributed by atoms with Crippen LogP contribution in [0.2, 0.25) is 0 Å². The second kappa shape index (κ2) is 8.02. The van der Waals surface area contributed by atoms with Gasteiger partial charge in [0.2, 0.25) is 0 Å². The minimum Gasteiger partial charge on any atom is -0.467 e. The van der Waals surface area contributed by atoms with Gasteiger partial charge in [-0.2, -0.15) is 0 Å². The molecule has 3 amide bonds. The van der Waals surface area contributed by atoms with Crippen LogP contribution in [-0.2, 0) is 9.53 Å². The summed E-state index contributed by atoms with van der Waals surface area (Å²) in [4.78, 5) is 34.6. The number of primary amides is 1. The van der Waals surface area contributed by atoms with Crippen LogP contribution >= 0.6 is 0 Å². The number of nitrogens with two attached hydrogens (primary N) is 1. The fourth-order valence-electron chi connectivity index (χ4n) is 1.92. The molecule has 0 bridgehead atoms. The molecule has 0 aromatic heterocycles. The number of carbonyl (C=O) groups is 3. The average molecular weight is 307 g/mol. The van der Waals surface area contributed by atoms with Gasteiger partial charge in [-0.3, -0.25) is 4.79 Å². The molecule has 0 aliphatic heterocycles. The zero-order valence-corrected chi connectivity index (χ0v) is 12.9. The highest BCUT2D eigenvalue weighted by Gasteiger charge is 2.23. The topological polar surface area (TPSA) is 111 Å². The van der Waals surface area contributed by atoms with Gasteiger partial charge in [0.05, 0.1) is 7.11 Å². The molecule has 0 spiro atoms. The van der Waals surface area contributed by atoms with Crippen LogP contribution in [0.1, 0.15) is 30.6 Å². The minimum absolute atomic E-state index is 0.228. The molecule has 0 aliphatic carbocycles. The van der Waals surface area contributed by atoms with Crippen molar-refractivity contribution in [1.82, 2.24) is 5.32 Å². The Labute approximate surface area is 129 Å². The summed E-state index contributed by atoms with van der Waals surface area (Å²) in [7, 11) is 1.28. The monoisotopic (exact) mass is 307 g/mol. The van der Waals surface area contributed by atoms with Gasteiger partial charge < -0.3 is 21.1 Å². The van der Waals surface area contributed by atoms with Crippen LogP contribution in [0.3, 0.4) is 0 Å². The van der Waals surface area contributed by atoms with Crippen molar-refractivity contribution in [2.45, 2.75) is 26.3 Å². The number of carbonyl (C=O) groups excluding carboxylic acids is 3. The molecule has 0 fully saturated rings. The smallest absolute Gasteiger partial charge is 0.328 e. The summed E-state index contributed by atoms with van der Waals surface area (Å²) in [6.07, 6.45) is 0.486. The first-order chi connectivity index (χ1) is 10.3. The Bertz CT molecular complexity index is 540. The predicted molar refractivity (Wildman–Crippen MR) is 82.4 cm³/mol. The zero-order valence-electron chi connectivity index (χ0n) is 12.9. The fraction of sp³-hybridized carbons (Fsp3) is 0.400. The largest absolute Gasteiger partial charge is 0.467 e. The van der Waals surface area contributed by atoms with Crippen molar-refractivity contribution < 1.29 is 19.1 Å². The van der Waals surface area contributed by atoms with Crippen molar-refractivity contribution in [3.05, 3.63) is 29.8 Å².